The van der Waals surface area contributed by atoms with Gasteiger partial charge in [-0.2, -0.15) is 0 Å². The summed E-state index contributed by atoms with van der Waals surface area (Å²) < 4.78 is 6.24. The average molecular weight is 333 g/mol. The zero-order valence-corrected chi connectivity index (χ0v) is 16.2. The predicted molar refractivity (Wildman–Crippen MR) is 93.6 cm³/mol. The molecule has 3 aliphatic carbocycles. The van der Waals surface area contributed by atoms with E-state index in [1.165, 1.54) is 0 Å². The first-order chi connectivity index (χ1) is 10.4. The Morgan fingerprint density at radius 2 is 1.83 bits per heavy atom. The van der Waals surface area contributed by atoms with Gasteiger partial charge >= 0.3 is 0 Å². The second-order valence-corrected chi connectivity index (χ2v) is 13.5. The molecule has 0 amide bonds. The minimum absolute atomic E-state index is 0.0417. The Bertz CT molecular complexity index is 641. The van der Waals surface area contributed by atoms with Crippen molar-refractivity contribution in [3.63, 3.8) is 0 Å². The SMILES string of the molecule is C=C1C[C@@]2(C)C(=O)[C@@H]3C[C@H](O[Si](C)(C)C)C=C(C)[C@]3(C)C(=O)C12. The lowest BCUT2D eigenvalue weighted by molar-refractivity contribution is -0.164. The first-order valence-electron chi connectivity index (χ1n) is 8.54. The van der Waals surface area contributed by atoms with E-state index in [-0.39, 0.29) is 29.5 Å². The number of allylic oxidation sites excluding steroid dienone is 2. The van der Waals surface area contributed by atoms with Crippen LogP contribution in [0.1, 0.15) is 33.6 Å². The monoisotopic (exact) mass is 332 g/mol. The van der Waals surface area contributed by atoms with Crippen molar-refractivity contribution >= 4 is 19.9 Å². The first kappa shape index (κ1) is 16.8. The van der Waals surface area contributed by atoms with E-state index in [9.17, 15) is 9.59 Å². The molecule has 126 valence electrons. The summed E-state index contributed by atoms with van der Waals surface area (Å²) in [6.07, 6.45) is 3.35. The summed E-state index contributed by atoms with van der Waals surface area (Å²) in [5, 5.41) is 0. The molecule has 0 heterocycles. The second-order valence-electron chi connectivity index (χ2n) is 9.02. The van der Waals surface area contributed by atoms with Crippen LogP contribution in [0.25, 0.3) is 0 Å². The van der Waals surface area contributed by atoms with Gasteiger partial charge in [0.15, 0.2) is 14.1 Å². The number of carbonyl (C=O) groups is 2. The van der Waals surface area contributed by atoms with Crippen LogP contribution in [-0.2, 0) is 14.0 Å². The van der Waals surface area contributed by atoms with Crippen molar-refractivity contribution in [2.24, 2.45) is 22.7 Å². The van der Waals surface area contributed by atoms with Gasteiger partial charge in [-0.3, -0.25) is 9.59 Å². The molecule has 0 radical (unpaired) electrons. The largest absolute Gasteiger partial charge is 0.411 e. The maximum absolute atomic E-state index is 13.2. The fourth-order valence-corrected chi connectivity index (χ4v) is 6.00. The minimum Gasteiger partial charge on any atom is -0.411 e. The van der Waals surface area contributed by atoms with Crippen molar-refractivity contribution in [1.29, 1.82) is 0 Å². The molecule has 2 fully saturated rings. The molecule has 0 aromatic rings. The lowest BCUT2D eigenvalue weighted by Crippen LogP contribution is -2.65. The van der Waals surface area contributed by atoms with Crippen molar-refractivity contribution in [3.05, 3.63) is 23.8 Å². The Morgan fingerprint density at radius 1 is 1.22 bits per heavy atom. The number of ketones is 2. The number of hydrogen-bond donors (Lipinski definition) is 0. The first-order valence-corrected chi connectivity index (χ1v) is 11.9. The standard InChI is InChI=1S/C19H28O3Si/c1-11-10-18(3)15(11)17(21)19(4)12(2)8-13(22-23(5,6)7)9-14(19)16(18)20/h8,13-15H,1,9-10H2,2-7H3/t13-,14+,15?,18-,19+/m1/s1. The highest BCUT2D eigenvalue weighted by molar-refractivity contribution is 6.69. The predicted octanol–water partition coefficient (Wildman–Crippen LogP) is 3.91. The molecule has 4 heteroatoms. The highest BCUT2D eigenvalue weighted by atomic mass is 28.4. The third-order valence-electron chi connectivity index (χ3n) is 6.22. The van der Waals surface area contributed by atoms with Crippen molar-refractivity contribution in [3.8, 4) is 0 Å². The van der Waals surface area contributed by atoms with Crippen molar-refractivity contribution in [2.45, 2.75) is 59.4 Å². The van der Waals surface area contributed by atoms with Crippen molar-refractivity contribution in [1.82, 2.24) is 0 Å². The minimum atomic E-state index is -1.70. The van der Waals surface area contributed by atoms with E-state index in [2.05, 4.69) is 32.3 Å². The van der Waals surface area contributed by atoms with Gasteiger partial charge < -0.3 is 4.43 Å². The molecule has 0 aromatic heterocycles. The number of carbonyl (C=O) groups excluding carboxylic acids is 2. The topological polar surface area (TPSA) is 43.4 Å². The molecule has 23 heavy (non-hydrogen) atoms. The third kappa shape index (κ3) is 2.18. The van der Waals surface area contributed by atoms with Crippen LogP contribution in [0.5, 0.6) is 0 Å². The Balaban J connectivity index is 2.03. The van der Waals surface area contributed by atoms with Crippen LogP contribution in [-0.4, -0.2) is 26.0 Å². The van der Waals surface area contributed by atoms with E-state index in [1.54, 1.807) is 0 Å². The summed E-state index contributed by atoms with van der Waals surface area (Å²) in [6, 6.07) is 0. The van der Waals surface area contributed by atoms with Crippen LogP contribution in [0, 0.1) is 22.7 Å². The van der Waals surface area contributed by atoms with Gasteiger partial charge in [0.2, 0.25) is 0 Å². The van der Waals surface area contributed by atoms with Gasteiger partial charge in [-0.1, -0.05) is 30.7 Å². The van der Waals surface area contributed by atoms with Crippen LogP contribution in [0.4, 0.5) is 0 Å². The van der Waals surface area contributed by atoms with Gasteiger partial charge in [0, 0.05) is 11.3 Å². The second kappa shape index (κ2) is 4.76. The van der Waals surface area contributed by atoms with Crippen LogP contribution >= 0.6 is 0 Å². The van der Waals surface area contributed by atoms with E-state index in [0.29, 0.717) is 12.8 Å². The summed E-state index contributed by atoms with van der Waals surface area (Å²) in [5.74, 6) is -0.0977. The molecule has 0 aromatic carbocycles. The fourth-order valence-electron chi connectivity index (χ4n) is 4.93. The molecule has 3 nitrogen and oxygen atoms in total. The highest BCUT2D eigenvalue weighted by Crippen LogP contribution is 2.63. The van der Waals surface area contributed by atoms with Gasteiger partial charge in [0.25, 0.3) is 0 Å². The molecule has 0 aliphatic heterocycles. The maximum atomic E-state index is 13.2. The van der Waals surface area contributed by atoms with Crippen molar-refractivity contribution in [2.75, 3.05) is 0 Å². The summed E-state index contributed by atoms with van der Waals surface area (Å²) >= 11 is 0. The number of rotatable bonds is 2. The number of Topliss-reactive ketones (excluding diaryl/α,β-unsaturated/α-hetero) is 2. The van der Waals surface area contributed by atoms with Gasteiger partial charge in [0.1, 0.15) is 5.78 Å². The van der Waals surface area contributed by atoms with Crippen LogP contribution in [0.15, 0.2) is 23.8 Å². The molecular weight excluding hydrogens is 304 g/mol. The van der Waals surface area contributed by atoms with E-state index in [0.717, 1.165) is 11.1 Å². The molecule has 0 N–H and O–H groups in total. The van der Waals surface area contributed by atoms with E-state index < -0.39 is 19.1 Å². The number of hydrogen-bond acceptors (Lipinski definition) is 3. The van der Waals surface area contributed by atoms with Gasteiger partial charge in [0.05, 0.1) is 17.4 Å². The maximum Gasteiger partial charge on any atom is 0.184 e. The van der Waals surface area contributed by atoms with E-state index in [4.69, 9.17) is 4.43 Å². The average Bonchev–Trinajstić information content (AvgIpc) is 2.38. The van der Waals surface area contributed by atoms with Gasteiger partial charge in [-0.15, -0.1) is 0 Å². The van der Waals surface area contributed by atoms with Gasteiger partial charge in [-0.05, 0) is 46.3 Å². The zero-order valence-electron chi connectivity index (χ0n) is 15.2. The number of fused-ring (bicyclic) bond motifs is 2. The molecule has 0 bridgehead atoms. The Kier molecular flexibility index (Phi) is 3.49. The lowest BCUT2D eigenvalue weighted by atomic mass is 9.41. The molecule has 5 atom stereocenters. The quantitative estimate of drug-likeness (QED) is 0.569. The molecule has 2 saturated carbocycles. The smallest absolute Gasteiger partial charge is 0.184 e. The summed E-state index contributed by atoms with van der Waals surface area (Å²) in [7, 11) is -1.70. The van der Waals surface area contributed by atoms with Crippen LogP contribution in [0.2, 0.25) is 19.6 Å². The molecular formula is C19H28O3Si. The summed E-state index contributed by atoms with van der Waals surface area (Å²) in [5.41, 5.74) is 0.722. The van der Waals surface area contributed by atoms with Crippen LogP contribution < -0.4 is 0 Å². The molecule has 0 saturated heterocycles. The van der Waals surface area contributed by atoms with Crippen LogP contribution in [0.3, 0.4) is 0 Å². The lowest BCUT2D eigenvalue weighted by Gasteiger charge is -2.59. The highest BCUT2D eigenvalue weighted by Gasteiger charge is 2.67. The Labute approximate surface area is 140 Å². The van der Waals surface area contributed by atoms with Crippen molar-refractivity contribution < 1.29 is 14.0 Å². The third-order valence-corrected chi connectivity index (χ3v) is 7.23. The normalized spacial score (nSPS) is 43.5. The summed E-state index contributed by atoms with van der Waals surface area (Å²) in [4.78, 5) is 26.5. The van der Waals surface area contributed by atoms with Gasteiger partial charge in [-0.25, -0.2) is 0 Å². The van der Waals surface area contributed by atoms with E-state index in [1.807, 2.05) is 20.8 Å². The molecule has 1 unspecified atom stereocenters. The van der Waals surface area contributed by atoms with E-state index >= 15 is 0 Å². The fraction of sp³-hybridized carbons (Fsp3) is 0.684. The summed E-state index contributed by atoms with van der Waals surface area (Å²) in [6.45, 7) is 16.4. The molecule has 0 spiro atoms. The zero-order chi connectivity index (χ0) is 17.4. The Hall–Kier alpha value is -1.00. The Morgan fingerprint density at radius 3 is 2.35 bits per heavy atom. The molecule has 3 aliphatic rings. The molecule has 3 rings (SSSR count).